The lowest BCUT2D eigenvalue weighted by atomic mass is 10.1. The van der Waals surface area contributed by atoms with Gasteiger partial charge in [-0.05, 0) is 12.3 Å². The van der Waals surface area contributed by atoms with Gasteiger partial charge in [-0.2, -0.15) is 0 Å². The fraction of sp³-hybridized carbons (Fsp3) is 0.571. The van der Waals surface area contributed by atoms with E-state index in [0.717, 1.165) is 12.1 Å². The van der Waals surface area contributed by atoms with E-state index in [4.69, 9.17) is 0 Å². The highest BCUT2D eigenvalue weighted by molar-refractivity contribution is 5.00. The molecule has 0 saturated heterocycles. The first-order valence-corrected chi connectivity index (χ1v) is 3.51. The van der Waals surface area contributed by atoms with Crippen LogP contribution in [0.4, 0.5) is 0 Å². The first-order valence-electron chi connectivity index (χ1n) is 3.51. The number of aromatic nitrogens is 2. The normalized spacial score (nSPS) is 13.4. The molecule has 0 aliphatic heterocycles. The molecule has 3 heteroatoms. The van der Waals surface area contributed by atoms with E-state index in [0.29, 0.717) is 5.92 Å². The third-order valence-corrected chi connectivity index (χ3v) is 1.76. The van der Waals surface area contributed by atoms with E-state index < -0.39 is 0 Å². The summed E-state index contributed by atoms with van der Waals surface area (Å²) in [5.74, 6) is 0.443. The lowest BCUT2D eigenvalue weighted by Crippen LogP contribution is -2.02. The van der Waals surface area contributed by atoms with Crippen LogP contribution in [-0.2, 0) is 0 Å². The van der Waals surface area contributed by atoms with Crippen molar-refractivity contribution >= 4 is 0 Å². The van der Waals surface area contributed by atoms with Gasteiger partial charge in [0.05, 0.1) is 0 Å². The summed E-state index contributed by atoms with van der Waals surface area (Å²) < 4.78 is 0. The van der Waals surface area contributed by atoms with Gasteiger partial charge >= 0.3 is 5.69 Å². The predicted octanol–water partition coefficient (Wildman–Crippen LogP) is 1.22. The average molecular weight is 140 g/mol. The zero-order chi connectivity index (χ0) is 7.56. The maximum Gasteiger partial charge on any atom is 0.323 e. The van der Waals surface area contributed by atoms with Crippen molar-refractivity contribution in [3.8, 4) is 0 Å². The first-order chi connectivity index (χ1) is 4.74. The molecule has 56 valence electrons. The van der Waals surface area contributed by atoms with Gasteiger partial charge in [0.2, 0.25) is 0 Å². The molecule has 0 bridgehead atoms. The Kier molecular flexibility index (Phi) is 1.94. The first kappa shape index (κ1) is 7.12. The topological polar surface area (TPSA) is 48.6 Å². The third kappa shape index (κ3) is 1.29. The summed E-state index contributed by atoms with van der Waals surface area (Å²) in [6.07, 6.45) is 2.78. The number of hydrogen-bond donors (Lipinski definition) is 2. The minimum absolute atomic E-state index is 0.115. The van der Waals surface area contributed by atoms with E-state index in [1.165, 1.54) is 0 Å². The van der Waals surface area contributed by atoms with Gasteiger partial charge in [0, 0.05) is 11.9 Å². The molecule has 1 atom stereocenters. The van der Waals surface area contributed by atoms with Crippen LogP contribution < -0.4 is 5.69 Å². The zero-order valence-corrected chi connectivity index (χ0v) is 6.27. The summed E-state index contributed by atoms with van der Waals surface area (Å²) in [5.41, 5.74) is 0.878. The van der Waals surface area contributed by atoms with Crippen LogP contribution in [0.2, 0.25) is 0 Å². The van der Waals surface area contributed by atoms with Crippen LogP contribution >= 0.6 is 0 Å². The van der Waals surface area contributed by atoms with Crippen molar-refractivity contribution in [3.05, 3.63) is 22.4 Å². The third-order valence-electron chi connectivity index (χ3n) is 1.76. The quantitative estimate of drug-likeness (QED) is 0.637. The molecule has 1 unspecified atom stereocenters. The standard InChI is InChI=1S/C7H12N2O/c1-3-5(2)6-4-8-7(10)9-6/h4-5H,3H2,1-2H3,(H2,8,9,10). The minimum atomic E-state index is -0.115. The van der Waals surface area contributed by atoms with Crippen LogP contribution in [-0.4, -0.2) is 9.97 Å². The van der Waals surface area contributed by atoms with E-state index in [1.807, 2.05) is 0 Å². The fourth-order valence-corrected chi connectivity index (χ4v) is 0.832. The summed E-state index contributed by atoms with van der Waals surface area (Å²) in [7, 11) is 0. The van der Waals surface area contributed by atoms with Crippen molar-refractivity contribution in [1.29, 1.82) is 0 Å². The van der Waals surface area contributed by atoms with Crippen molar-refractivity contribution in [3.63, 3.8) is 0 Å². The highest BCUT2D eigenvalue weighted by Crippen LogP contribution is 2.12. The van der Waals surface area contributed by atoms with E-state index >= 15 is 0 Å². The Morgan fingerprint density at radius 1 is 1.70 bits per heavy atom. The van der Waals surface area contributed by atoms with Crippen molar-refractivity contribution in [2.24, 2.45) is 0 Å². The molecule has 10 heavy (non-hydrogen) atoms. The molecule has 3 nitrogen and oxygen atoms in total. The molecule has 0 aliphatic rings. The van der Waals surface area contributed by atoms with E-state index in [-0.39, 0.29) is 5.69 Å². The number of imidazole rings is 1. The number of H-pyrrole nitrogens is 2. The van der Waals surface area contributed by atoms with Gasteiger partial charge in [-0.15, -0.1) is 0 Å². The van der Waals surface area contributed by atoms with Gasteiger partial charge in [-0.25, -0.2) is 4.79 Å². The summed E-state index contributed by atoms with van der Waals surface area (Å²) in [5, 5.41) is 0. The maximum absolute atomic E-state index is 10.6. The molecule has 0 aliphatic carbocycles. The van der Waals surface area contributed by atoms with Gasteiger partial charge in [-0.3, -0.25) is 0 Å². The Hall–Kier alpha value is -0.990. The van der Waals surface area contributed by atoms with Gasteiger partial charge in [0.1, 0.15) is 0 Å². The second-order valence-electron chi connectivity index (χ2n) is 2.51. The van der Waals surface area contributed by atoms with Crippen LogP contribution in [0, 0.1) is 0 Å². The second-order valence-corrected chi connectivity index (χ2v) is 2.51. The number of nitrogens with one attached hydrogen (secondary N) is 2. The summed E-state index contributed by atoms with van der Waals surface area (Å²) in [6, 6.07) is 0. The highest BCUT2D eigenvalue weighted by atomic mass is 16.1. The van der Waals surface area contributed by atoms with Crippen LogP contribution in [0.1, 0.15) is 31.9 Å². The van der Waals surface area contributed by atoms with Crippen LogP contribution in [0.25, 0.3) is 0 Å². The Morgan fingerprint density at radius 2 is 2.40 bits per heavy atom. The molecule has 0 fully saturated rings. The van der Waals surface area contributed by atoms with E-state index in [9.17, 15) is 4.79 Å². The lowest BCUT2D eigenvalue weighted by Gasteiger charge is -2.01. The summed E-state index contributed by atoms with van der Waals surface area (Å²) in [4.78, 5) is 15.9. The average Bonchev–Trinajstić information content (AvgIpc) is 2.34. The molecule has 1 aromatic rings. The number of hydrogen-bond acceptors (Lipinski definition) is 1. The maximum atomic E-state index is 10.6. The molecular formula is C7H12N2O. The Morgan fingerprint density at radius 3 is 2.80 bits per heavy atom. The molecular weight excluding hydrogens is 128 g/mol. The van der Waals surface area contributed by atoms with Crippen molar-refractivity contribution in [1.82, 2.24) is 9.97 Å². The van der Waals surface area contributed by atoms with Crippen LogP contribution in [0.5, 0.6) is 0 Å². The van der Waals surface area contributed by atoms with E-state index in [2.05, 4.69) is 23.8 Å². The van der Waals surface area contributed by atoms with Crippen molar-refractivity contribution < 1.29 is 0 Å². The Balaban J connectivity index is 2.84. The summed E-state index contributed by atoms with van der Waals surface area (Å²) >= 11 is 0. The molecule has 0 amide bonds. The predicted molar refractivity (Wildman–Crippen MR) is 40.1 cm³/mol. The molecule has 0 radical (unpaired) electrons. The van der Waals surface area contributed by atoms with E-state index in [1.54, 1.807) is 6.20 Å². The van der Waals surface area contributed by atoms with Gasteiger partial charge in [0.25, 0.3) is 0 Å². The van der Waals surface area contributed by atoms with Gasteiger partial charge < -0.3 is 9.97 Å². The Bertz CT molecular complexity index is 248. The highest BCUT2D eigenvalue weighted by Gasteiger charge is 2.03. The van der Waals surface area contributed by atoms with Crippen molar-refractivity contribution in [2.75, 3.05) is 0 Å². The van der Waals surface area contributed by atoms with Crippen molar-refractivity contribution in [2.45, 2.75) is 26.2 Å². The summed E-state index contributed by atoms with van der Waals surface area (Å²) in [6.45, 7) is 4.18. The smallest absolute Gasteiger partial charge is 0.313 e. The number of rotatable bonds is 2. The SMILES string of the molecule is CCC(C)c1c[nH]c(=O)[nH]1. The molecule has 0 aromatic carbocycles. The molecule has 0 spiro atoms. The van der Waals surface area contributed by atoms with Crippen LogP contribution in [0.15, 0.2) is 11.0 Å². The largest absolute Gasteiger partial charge is 0.323 e. The molecule has 1 heterocycles. The lowest BCUT2D eigenvalue weighted by molar-refractivity contribution is 0.711. The van der Waals surface area contributed by atoms with Crippen LogP contribution in [0.3, 0.4) is 0 Å². The Labute approximate surface area is 59.5 Å². The number of aromatic amines is 2. The molecule has 1 aromatic heterocycles. The van der Waals surface area contributed by atoms with Gasteiger partial charge in [-0.1, -0.05) is 13.8 Å². The second kappa shape index (κ2) is 2.73. The minimum Gasteiger partial charge on any atom is -0.313 e. The van der Waals surface area contributed by atoms with Gasteiger partial charge in [0.15, 0.2) is 0 Å². The molecule has 1 rings (SSSR count). The zero-order valence-electron chi connectivity index (χ0n) is 6.27. The molecule has 0 saturated carbocycles. The monoisotopic (exact) mass is 140 g/mol. The molecule has 2 N–H and O–H groups in total. The fourth-order valence-electron chi connectivity index (χ4n) is 0.832.